The lowest BCUT2D eigenvalue weighted by Crippen LogP contribution is -2.37. The third-order valence-corrected chi connectivity index (χ3v) is 5.04. The molecule has 3 aromatic rings. The lowest BCUT2D eigenvalue weighted by molar-refractivity contribution is 0.122. The van der Waals surface area contributed by atoms with Crippen molar-refractivity contribution < 1.29 is 14.2 Å². The van der Waals surface area contributed by atoms with E-state index in [1.54, 1.807) is 14.2 Å². The van der Waals surface area contributed by atoms with Gasteiger partial charge in [-0.2, -0.15) is 15.0 Å². The van der Waals surface area contributed by atoms with Gasteiger partial charge < -0.3 is 29.7 Å². The molecule has 0 unspecified atom stereocenters. The van der Waals surface area contributed by atoms with E-state index in [9.17, 15) is 0 Å². The second-order valence-electron chi connectivity index (χ2n) is 7.58. The molecule has 0 aliphatic carbocycles. The standard InChI is InChI=1S/C23H28N6O3/c1-15-11-16(2)13-18(12-15)25-22-26-21(27-23(28-22)29-7-9-32-10-8-29)24-17-5-6-19(30-3)20(14-17)31-4/h5-6,11-14H,7-10H2,1-4H3,(H2,24,25,26,27,28). The molecule has 0 spiro atoms. The quantitative estimate of drug-likeness (QED) is 0.573. The van der Waals surface area contributed by atoms with Gasteiger partial charge in [0.25, 0.3) is 0 Å². The Balaban J connectivity index is 1.66. The number of anilines is 5. The van der Waals surface area contributed by atoms with E-state index in [4.69, 9.17) is 14.2 Å². The SMILES string of the molecule is COc1ccc(Nc2nc(Nc3cc(C)cc(C)c3)nc(N3CCOCC3)n2)cc1OC. The summed E-state index contributed by atoms with van der Waals surface area (Å²) in [6.07, 6.45) is 0. The Bertz CT molecular complexity index is 1070. The van der Waals surface area contributed by atoms with Crippen molar-refractivity contribution in [1.82, 2.24) is 15.0 Å². The Morgan fingerprint density at radius 1 is 0.781 bits per heavy atom. The first-order valence-corrected chi connectivity index (χ1v) is 10.5. The molecule has 9 heteroatoms. The molecule has 9 nitrogen and oxygen atoms in total. The number of hydrogen-bond acceptors (Lipinski definition) is 9. The van der Waals surface area contributed by atoms with Crippen LogP contribution in [-0.2, 0) is 4.74 Å². The van der Waals surface area contributed by atoms with Gasteiger partial charge in [0.1, 0.15) is 0 Å². The van der Waals surface area contributed by atoms with Crippen LogP contribution in [0.25, 0.3) is 0 Å². The molecule has 0 bridgehead atoms. The number of morpholine rings is 1. The van der Waals surface area contributed by atoms with Crippen LogP contribution in [0.2, 0.25) is 0 Å². The number of aromatic nitrogens is 3. The van der Waals surface area contributed by atoms with Crippen LogP contribution < -0.4 is 25.0 Å². The molecule has 168 valence electrons. The Morgan fingerprint density at radius 3 is 2.03 bits per heavy atom. The van der Waals surface area contributed by atoms with Gasteiger partial charge in [-0.3, -0.25) is 0 Å². The average Bonchev–Trinajstić information content (AvgIpc) is 2.78. The van der Waals surface area contributed by atoms with Gasteiger partial charge in [0.05, 0.1) is 27.4 Å². The molecule has 2 aromatic carbocycles. The zero-order chi connectivity index (χ0) is 22.5. The zero-order valence-corrected chi connectivity index (χ0v) is 18.8. The molecule has 2 N–H and O–H groups in total. The molecule has 4 rings (SSSR count). The molecule has 1 aliphatic heterocycles. The number of methoxy groups -OCH3 is 2. The Hall–Kier alpha value is -3.59. The van der Waals surface area contributed by atoms with Gasteiger partial charge in [-0.25, -0.2) is 0 Å². The molecule has 0 saturated carbocycles. The number of hydrogen-bond donors (Lipinski definition) is 2. The highest BCUT2D eigenvalue weighted by atomic mass is 16.5. The van der Waals surface area contributed by atoms with Crippen LogP contribution in [-0.4, -0.2) is 55.5 Å². The van der Waals surface area contributed by atoms with Crippen LogP contribution >= 0.6 is 0 Å². The summed E-state index contributed by atoms with van der Waals surface area (Å²) in [7, 11) is 3.21. The summed E-state index contributed by atoms with van der Waals surface area (Å²) in [5.74, 6) is 2.77. The molecular formula is C23H28N6O3. The second-order valence-corrected chi connectivity index (χ2v) is 7.58. The van der Waals surface area contributed by atoms with Crippen LogP contribution in [0.3, 0.4) is 0 Å². The van der Waals surface area contributed by atoms with Crippen LogP contribution in [0.1, 0.15) is 11.1 Å². The summed E-state index contributed by atoms with van der Waals surface area (Å²) in [6, 6.07) is 11.8. The van der Waals surface area contributed by atoms with Gasteiger partial charge in [-0.1, -0.05) is 6.07 Å². The van der Waals surface area contributed by atoms with Crippen LogP contribution in [0.15, 0.2) is 36.4 Å². The van der Waals surface area contributed by atoms with Crippen LogP contribution in [0, 0.1) is 13.8 Å². The topological polar surface area (TPSA) is 93.7 Å². The first-order valence-electron chi connectivity index (χ1n) is 10.5. The molecule has 1 saturated heterocycles. The minimum Gasteiger partial charge on any atom is -0.493 e. The third kappa shape index (κ3) is 5.17. The summed E-state index contributed by atoms with van der Waals surface area (Å²) in [4.78, 5) is 16.0. The van der Waals surface area contributed by atoms with E-state index in [1.807, 2.05) is 18.2 Å². The van der Waals surface area contributed by atoms with Crippen molar-refractivity contribution in [1.29, 1.82) is 0 Å². The summed E-state index contributed by atoms with van der Waals surface area (Å²) in [6.45, 7) is 6.86. The molecular weight excluding hydrogens is 408 g/mol. The van der Waals surface area contributed by atoms with E-state index in [2.05, 4.69) is 62.5 Å². The summed E-state index contributed by atoms with van der Waals surface area (Å²) < 4.78 is 16.2. The maximum Gasteiger partial charge on any atom is 0.233 e. The van der Waals surface area contributed by atoms with Gasteiger partial charge in [-0.15, -0.1) is 0 Å². The molecule has 0 amide bonds. The fraction of sp³-hybridized carbons (Fsp3) is 0.348. The summed E-state index contributed by atoms with van der Waals surface area (Å²) >= 11 is 0. The molecule has 32 heavy (non-hydrogen) atoms. The number of nitrogens with one attached hydrogen (secondary N) is 2. The number of ether oxygens (including phenoxy) is 3. The van der Waals surface area contributed by atoms with Crippen molar-refractivity contribution in [2.24, 2.45) is 0 Å². The lowest BCUT2D eigenvalue weighted by Gasteiger charge is -2.27. The van der Waals surface area contributed by atoms with E-state index < -0.39 is 0 Å². The molecule has 1 fully saturated rings. The predicted octanol–water partition coefficient (Wildman–Crippen LogP) is 3.83. The Morgan fingerprint density at radius 2 is 1.41 bits per heavy atom. The van der Waals surface area contributed by atoms with E-state index >= 15 is 0 Å². The van der Waals surface area contributed by atoms with Crippen molar-refractivity contribution in [3.63, 3.8) is 0 Å². The highest BCUT2D eigenvalue weighted by Gasteiger charge is 2.17. The van der Waals surface area contributed by atoms with Crippen LogP contribution in [0.4, 0.5) is 29.2 Å². The molecule has 1 aliphatic rings. The van der Waals surface area contributed by atoms with Gasteiger partial charge in [0.15, 0.2) is 11.5 Å². The number of aryl methyl sites for hydroxylation is 2. The Labute approximate surface area is 187 Å². The van der Waals surface area contributed by atoms with E-state index in [0.717, 1.165) is 24.5 Å². The summed E-state index contributed by atoms with van der Waals surface area (Å²) in [5.41, 5.74) is 4.04. The highest BCUT2D eigenvalue weighted by Crippen LogP contribution is 2.31. The van der Waals surface area contributed by atoms with Crippen molar-refractivity contribution in [2.45, 2.75) is 13.8 Å². The normalized spacial score (nSPS) is 13.6. The van der Waals surface area contributed by atoms with Crippen molar-refractivity contribution in [2.75, 3.05) is 56.1 Å². The maximum absolute atomic E-state index is 5.48. The number of nitrogens with zero attached hydrogens (tertiary/aromatic N) is 4. The zero-order valence-electron chi connectivity index (χ0n) is 18.8. The predicted molar refractivity (Wildman–Crippen MR) is 125 cm³/mol. The minimum atomic E-state index is 0.431. The fourth-order valence-corrected chi connectivity index (χ4v) is 3.60. The van der Waals surface area contributed by atoms with E-state index in [-0.39, 0.29) is 0 Å². The van der Waals surface area contributed by atoms with Crippen molar-refractivity contribution in [3.05, 3.63) is 47.5 Å². The largest absolute Gasteiger partial charge is 0.493 e. The summed E-state index contributed by atoms with van der Waals surface area (Å²) in [5, 5.41) is 6.59. The second kappa shape index (κ2) is 9.69. The van der Waals surface area contributed by atoms with Gasteiger partial charge in [-0.05, 0) is 49.2 Å². The van der Waals surface area contributed by atoms with Crippen LogP contribution in [0.5, 0.6) is 11.5 Å². The van der Waals surface area contributed by atoms with Gasteiger partial charge in [0, 0.05) is 30.5 Å². The first kappa shape index (κ1) is 21.6. The van der Waals surface area contributed by atoms with Gasteiger partial charge in [0.2, 0.25) is 17.8 Å². The molecule has 1 aromatic heterocycles. The maximum atomic E-state index is 5.48. The molecule has 2 heterocycles. The molecule has 0 atom stereocenters. The molecule has 0 radical (unpaired) electrons. The number of rotatable bonds is 7. The Kier molecular flexibility index (Phi) is 6.55. The highest BCUT2D eigenvalue weighted by molar-refractivity contribution is 5.63. The third-order valence-electron chi connectivity index (χ3n) is 5.04. The van der Waals surface area contributed by atoms with E-state index in [1.165, 1.54) is 11.1 Å². The smallest absolute Gasteiger partial charge is 0.233 e. The van der Waals surface area contributed by atoms with Crippen molar-refractivity contribution in [3.8, 4) is 11.5 Å². The van der Waals surface area contributed by atoms with E-state index in [0.29, 0.717) is 42.6 Å². The monoisotopic (exact) mass is 436 g/mol. The minimum absolute atomic E-state index is 0.431. The lowest BCUT2D eigenvalue weighted by atomic mass is 10.1. The fourth-order valence-electron chi connectivity index (χ4n) is 3.60. The van der Waals surface area contributed by atoms with Crippen molar-refractivity contribution >= 4 is 29.2 Å². The first-order chi connectivity index (χ1) is 15.5. The van der Waals surface area contributed by atoms with Gasteiger partial charge >= 0.3 is 0 Å². The average molecular weight is 437 g/mol. The number of benzene rings is 2.